The monoisotopic (exact) mass is 312 g/mol. The molecular formula is C16H25ClN2O2. The molecule has 0 fully saturated rings. The fraction of sp³-hybridized carbons (Fsp3) is 0.562. The number of hydrogen-bond acceptors (Lipinski definition) is 2. The molecule has 0 bridgehead atoms. The molecule has 1 rings (SSSR count). The maximum Gasteiger partial charge on any atom is 0.315 e. The Labute approximate surface area is 131 Å². The van der Waals surface area contributed by atoms with E-state index in [1.54, 1.807) is 6.07 Å². The van der Waals surface area contributed by atoms with Crippen LogP contribution in [0.5, 0.6) is 0 Å². The quantitative estimate of drug-likeness (QED) is 0.675. The fourth-order valence-corrected chi connectivity index (χ4v) is 2.15. The highest BCUT2D eigenvalue weighted by atomic mass is 35.5. The first-order valence-electron chi connectivity index (χ1n) is 7.25. The summed E-state index contributed by atoms with van der Waals surface area (Å²) in [6.45, 7) is 6.69. The van der Waals surface area contributed by atoms with Gasteiger partial charge in [-0.05, 0) is 42.9 Å². The molecule has 0 aliphatic rings. The molecule has 1 aromatic rings. The summed E-state index contributed by atoms with van der Waals surface area (Å²) in [5, 5.41) is 15.5. The van der Waals surface area contributed by atoms with Crippen LogP contribution in [-0.2, 0) is 0 Å². The summed E-state index contributed by atoms with van der Waals surface area (Å²) in [7, 11) is 0. The molecule has 21 heavy (non-hydrogen) atoms. The first-order valence-corrected chi connectivity index (χ1v) is 7.62. The van der Waals surface area contributed by atoms with Crippen molar-refractivity contribution < 1.29 is 9.90 Å². The highest BCUT2D eigenvalue weighted by Gasteiger charge is 2.15. The second kappa shape index (κ2) is 8.25. The van der Waals surface area contributed by atoms with Gasteiger partial charge < -0.3 is 15.7 Å². The Hall–Kier alpha value is -1.26. The SMILES string of the molecule is CC(NC(=O)NCCCC(C)(C)CO)c1cccc(Cl)c1. The zero-order valence-corrected chi connectivity index (χ0v) is 13.7. The number of nitrogens with one attached hydrogen (secondary N) is 2. The molecule has 1 aromatic carbocycles. The number of hydrogen-bond donors (Lipinski definition) is 3. The van der Waals surface area contributed by atoms with E-state index in [2.05, 4.69) is 10.6 Å². The van der Waals surface area contributed by atoms with Gasteiger partial charge in [-0.1, -0.05) is 37.6 Å². The van der Waals surface area contributed by atoms with Crippen LogP contribution in [-0.4, -0.2) is 24.3 Å². The molecule has 4 nitrogen and oxygen atoms in total. The van der Waals surface area contributed by atoms with E-state index in [0.29, 0.717) is 11.6 Å². The van der Waals surface area contributed by atoms with Crippen LogP contribution in [0.1, 0.15) is 45.2 Å². The average Bonchev–Trinajstić information content (AvgIpc) is 2.43. The predicted molar refractivity (Wildman–Crippen MR) is 86.5 cm³/mol. The van der Waals surface area contributed by atoms with Crippen LogP contribution in [0.3, 0.4) is 0 Å². The third-order valence-electron chi connectivity index (χ3n) is 3.44. The van der Waals surface area contributed by atoms with Crippen LogP contribution in [0, 0.1) is 5.41 Å². The van der Waals surface area contributed by atoms with Gasteiger partial charge in [0.15, 0.2) is 0 Å². The molecule has 0 aliphatic carbocycles. The van der Waals surface area contributed by atoms with Crippen molar-refractivity contribution in [3.63, 3.8) is 0 Å². The van der Waals surface area contributed by atoms with Gasteiger partial charge in [-0.3, -0.25) is 0 Å². The van der Waals surface area contributed by atoms with Crippen molar-refractivity contribution in [2.45, 2.75) is 39.7 Å². The summed E-state index contributed by atoms with van der Waals surface area (Å²) in [5.74, 6) is 0. The largest absolute Gasteiger partial charge is 0.396 e. The summed E-state index contributed by atoms with van der Waals surface area (Å²) in [5.41, 5.74) is 0.880. The van der Waals surface area contributed by atoms with Gasteiger partial charge in [-0.15, -0.1) is 0 Å². The van der Waals surface area contributed by atoms with Crippen LogP contribution in [0.4, 0.5) is 4.79 Å². The number of carbonyl (C=O) groups excluding carboxylic acids is 1. The number of amides is 2. The summed E-state index contributed by atoms with van der Waals surface area (Å²) in [6, 6.07) is 7.16. The van der Waals surface area contributed by atoms with Gasteiger partial charge in [0.05, 0.1) is 6.04 Å². The third-order valence-corrected chi connectivity index (χ3v) is 3.68. The number of benzene rings is 1. The molecule has 0 saturated carbocycles. The van der Waals surface area contributed by atoms with Gasteiger partial charge in [0.2, 0.25) is 0 Å². The average molecular weight is 313 g/mol. The standard InChI is InChI=1S/C16H25ClN2O2/c1-12(13-6-4-7-14(17)10-13)19-15(21)18-9-5-8-16(2,3)11-20/h4,6-7,10,12,20H,5,8-9,11H2,1-3H3,(H2,18,19,21). The summed E-state index contributed by atoms with van der Waals surface area (Å²) in [6.07, 6.45) is 1.71. The molecule has 5 heteroatoms. The van der Waals surface area contributed by atoms with Crippen molar-refractivity contribution in [2.75, 3.05) is 13.2 Å². The van der Waals surface area contributed by atoms with Crippen LogP contribution < -0.4 is 10.6 Å². The minimum atomic E-state index is -0.190. The normalized spacial score (nSPS) is 12.8. The number of halogens is 1. The van der Waals surface area contributed by atoms with Crippen LogP contribution in [0.25, 0.3) is 0 Å². The third kappa shape index (κ3) is 6.82. The van der Waals surface area contributed by atoms with Crippen molar-refractivity contribution in [3.8, 4) is 0 Å². The number of carbonyl (C=O) groups is 1. The van der Waals surface area contributed by atoms with Crippen molar-refractivity contribution >= 4 is 17.6 Å². The summed E-state index contributed by atoms with van der Waals surface area (Å²) in [4.78, 5) is 11.8. The van der Waals surface area contributed by atoms with Crippen LogP contribution >= 0.6 is 11.6 Å². The van der Waals surface area contributed by atoms with E-state index < -0.39 is 0 Å². The van der Waals surface area contributed by atoms with E-state index in [9.17, 15) is 4.79 Å². The smallest absolute Gasteiger partial charge is 0.315 e. The second-order valence-electron chi connectivity index (χ2n) is 6.10. The van der Waals surface area contributed by atoms with Gasteiger partial charge >= 0.3 is 6.03 Å². The minimum Gasteiger partial charge on any atom is -0.396 e. The van der Waals surface area contributed by atoms with E-state index in [-0.39, 0.29) is 24.1 Å². The molecular weight excluding hydrogens is 288 g/mol. The molecule has 0 heterocycles. The zero-order chi connectivity index (χ0) is 15.9. The Morgan fingerprint density at radius 1 is 1.43 bits per heavy atom. The van der Waals surface area contributed by atoms with Crippen molar-refractivity contribution in [3.05, 3.63) is 34.9 Å². The van der Waals surface area contributed by atoms with E-state index in [4.69, 9.17) is 16.7 Å². The highest BCUT2D eigenvalue weighted by molar-refractivity contribution is 6.30. The lowest BCUT2D eigenvalue weighted by Gasteiger charge is -2.21. The molecule has 0 saturated heterocycles. The lowest BCUT2D eigenvalue weighted by atomic mass is 9.89. The molecule has 3 N–H and O–H groups in total. The molecule has 0 radical (unpaired) electrons. The second-order valence-corrected chi connectivity index (χ2v) is 6.54. The minimum absolute atomic E-state index is 0.0910. The number of rotatable bonds is 7. The molecule has 1 atom stereocenters. The van der Waals surface area contributed by atoms with Crippen LogP contribution in [0.2, 0.25) is 5.02 Å². The predicted octanol–water partition coefficient (Wildman–Crippen LogP) is 3.50. The Kier molecular flexibility index (Phi) is 6.99. The molecule has 0 spiro atoms. The summed E-state index contributed by atoms with van der Waals surface area (Å²) < 4.78 is 0. The molecule has 2 amide bonds. The number of aliphatic hydroxyl groups excluding tert-OH is 1. The van der Waals surface area contributed by atoms with Gasteiger partial charge in [0, 0.05) is 18.2 Å². The lowest BCUT2D eigenvalue weighted by Crippen LogP contribution is -2.37. The van der Waals surface area contributed by atoms with Crippen molar-refractivity contribution in [2.24, 2.45) is 5.41 Å². The Morgan fingerprint density at radius 2 is 2.14 bits per heavy atom. The number of urea groups is 1. The van der Waals surface area contributed by atoms with Gasteiger partial charge in [-0.25, -0.2) is 4.79 Å². The topological polar surface area (TPSA) is 61.4 Å². The van der Waals surface area contributed by atoms with Gasteiger partial charge in [0.25, 0.3) is 0 Å². The van der Waals surface area contributed by atoms with Crippen LogP contribution in [0.15, 0.2) is 24.3 Å². The molecule has 0 aromatic heterocycles. The van der Waals surface area contributed by atoms with E-state index in [0.717, 1.165) is 18.4 Å². The van der Waals surface area contributed by atoms with Gasteiger partial charge in [-0.2, -0.15) is 0 Å². The molecule has 1 unspecified atom stereocenters. The zero-order valence-electron chi connectivity index (χ0n) is 12.9. The van der Waals surface area contributed by atoms with E-state index in [1.165, 1.54) is 0 Å². The lowest BCUT2D eigenvalue weighted by molar-refractivity contribution is 0.148. The Balaban J connectivity index is 2.31. The van der Waals surface area contributed by atoms with E-state index >= 15 is 0 Å². The van der Waals surface area contributed by atoms with Crippen molar-refractivity contribution in [1.82, 2.24) is 10.6 Å². The fourth-order valence-electron chi connectivity index (χ4n) is 1.95. The first-order chi connectivity index (χ1) is 9.84. The Bertz CT molecular complexity index is 463. The molecule has 118 valence electrons. The molecule has 0 aliphatic heterocycles. The Morgan fingerprint density at radius 3 is 2.76 bits per heavy atom. The van der Waals surface area contributed by atoms with Gasteiger partial charge in [0.1, 0.15) is 0 Å². The van der Waals surface area contributed by atoms with Crippen molar-refractivity contribution in [1.29, 1.82) is 0 Å². The van der Waals surface area contributed by atoms with E-state index in [1.807, 2.05) is 39.0 Å². The number of aliphatic hydroxyl groups is 1. The highest BCUT2D eigenvalue weighted by Crippen LogP contribution is 2.20. The maximum absolute atomic E-state index is 11.8. The maximum atomic E-state index is 11.8. The first kappa shape index (κ1) is 17.8. The summed E-state index contributed by atoms with van der Waals surface area (Å²) >= 11 is 5.94.